The van der Waals surface area contributed by atoms with E-state index in [2.05, 4.69) is 41.5 Å². The number of hydrogen-bond donors (Lipinski definition) is 0. The van der Waals surface area contributed by atoms with Crippen molar-refractivity contribution in [2.45, 2.75) is 72.9 Å². The summed E-state index contributed by atoms with van der Waals surface area (Å²) in [7, 11) is 0. The van der Waals surface area contributed by atoms with Crippen molar-refractivity contribution < 1.29 is 9.47 Å². The van der Waals surface area contributed by atoms with E-state index in [0.29, 0.717) is 11.3 Å². The van der Waals surface area contributed by atoms with Crippen LogP contribution in [0.25, 0.3) is 0 Å². The fraction of sp³-hybridized carbons (Fsp3) is 1.00. The second-order valence-corrected chi connectivity index (χ2v) is 6.22. The van der Waals surface area contributed by atoms with Gasteiger partial charge in [0.15, 0.2) is 6.29 Å². The molecule has 1 fully saturated rings. The van der Waals surface area contributed by atoms with Crippen molar-refractivity contribution in [1.82, 2.24) is 0 Å². The van der Waals surface area contributed by atoms with Gasteiger partial charge in [-0.2, -0.15) is 0 Å². The van der Waals surface area contributed by atoms with Crippen molar-refractivity contribution in [2.75, 3.05) is 0 Å². The molecule has 0 spiro atoms. The Balaban J connectivity index is 2.30. The highest BCUT2D eigenvalue weighted by Gasteiger charge is 2.31. The van der Waals surface area contributed by atoms with Crippen LogP contribution in [0, 0.1) is 11.3 Å². The molecule has 1 aliphatic rings. The summed E-state index contributed by atoms with van der Waals surface area (Å²) in [5.74, 6) is 0.660. The molecule has 3 unspecified atom stereocenters. The van der Waals surface area contributed by atoms with Gasteiger partial charge in [-0.1, -0.05) is 27.7 Å². The van der Waals surface area contributed by atoms with Crippen LogP contribution in [-0.4, -0.2) is 18.5 Å². The molecule has 0 radical (unpaired) electrons. The van der Waals surface area contributed by atoms with Gasteiger partial charge in [-0.05, 0) is 31.6 Å². The first-order valence-corrected chi connectivity index (χ1v) is 6.09. The molecule has 0 aromatic rings. The number of ether oxygens (including phenoxy) is 2. The van der Waals surface area contributed by atoms with Gasteiger partial charge in [0.2, 0.25) is 0 Å². The van der Waals surface area contributed by atoms with Crippen molar-refractivity contribution >= 4 is 0 Å². The highest BCUT2D eigenvalue weighted by molar-refractivity contribution is 4.73. The molecule has 0 saturated carbocycles. The van der Waals surface area contributed by atoms with Crippen LogP contribution in [0.2, 0.25) is 0 Å². The van der Waals surface area contributed by atoms with Gasteiger partial charge in [0.25, 0.3) is 0 Å². The van der Waals surface area contributed by atoms with Crippen molar-refractivity contribution in [3.63, 3.8) is 0 Å². The normalized spacial score (nSPS) is 34.4. The summed E-state index contributed by atoms with van der Waals surface area (Å²) >= 11 is 0. The van der Waals surface area contributed by atoms with Crippen LogP contribution in [0.5, 0.6) is 0 Å². The summed E-state index contributed by atoms with van der Waals surface area (Å²) < 4.78 is 11.5. The van der Waals surface area contributed by atoms with Crippen molar-refractivity contribution in [2.24, 2.45) is 11.3 Å². The highest BCUT2D eigenvalue weighted by Crippen LogP contribution is 2.30. The third-order valence-electron chi connectivity index (χ3n) is 2.95. The summed E-state index contributed by atoms with van der Waals surface area (Å²) in [5, 5.41) is 0. The largest absolute Gasteiger partial charge is 0.347 e. The van der Waals surface area contributed by atoms with Gasteiger partial charge in [-0.15, -0.1) is 0 Å². The smallest absolute Gasteiger partial charge is 0.158 e. The molecule has 0 N–H and O–H groups in total. The van der Waals surface area contributed by atoms with Gasteiger partial charge in [0.1, 0.15) is 0 Å². The maximum Gasteiger partial charge on any atom is 0.158 e. The SMILES string of the molecule is CC(CC1OC(C)C(C)O1)CC(C)(C)C. The molecular formula is C13H26O2. The Kier molecular flexibility index (Phi) is 4.19. The topological polar surface area (TPSA) is 18.5 Å². The van der Waals surface area contributed by atoms with E-state index in [1.807, 2.05) is 0 Å². The van der Waals surface area contributed by atoms with Gasteiger partial charge in [0.05, 0.1) is 12.2 Å². The molecule has 1 saturated heterocycles. The minimum Gasteiger partial charge on any atom is -0.347 e. The predicted octanol–water partition coefficient (Wildman–Crippen LogP) is 3.60. The third-order valence-corrected chi connectivity index (χ3v) is 2.95. The molecule has 0 bridgehead atoms. The predicted molar refractivity (Wildman–Crippen MR) is 62.7 cm³/mol. The highest BCUT2D eigenvalue weighted by atomic mass is 16.7. The lowest BCUT2D eigenvalue weighted by Crippen LogP contribution is -2.18. The zero-order chi connectivity index (χ0) is 11.6. The Labute approximate surface area is 94.3 Å². The quantitative estimate of drug-likeness (QED) is 0.714. The summed E-state index contributed by atoms with van der Waals surface area (Å²) in [6.07, 6.45) is 2.76. The van der Waals surface area contributed by atoms with Crippen molar-refractivity contribution in [3.05, 3.63) is 0 Å². The van der Waals surface area contributed by atoms with E-state index in [9.17, 15) is 0 Å². The average Bonchev–Trinajstić information content (AvgIpc) is 2.26. The Bertz CT molecular complexity index is 185. The fourth-order valence-corrected chi connectivity index (χ4v) is 2.30. The molecule has 0 aromatic heterocycles. The molecule has 0 amide bonds. The Hall–Kier alpha value is -0.0800. The molecule has 1 heterocycles. The summed E-state index contributed by atoms with van der Waals surface area (Å²) in [6, 6.07) is 0. The van der Waals surface area contributed by atoms with E-state index in [0.717, 1.165) is 6.42 Å². The van der Waals surface area contributed by atoms with Gasteiger partial charge < -0.3 is 9.47 Å². The van der Waals surface area contributed by atoms with E-state index in [1.54, 1.807) is 0 Å². The van der Waals surface area contributed by atoms with Crippen LogP contribution < -0.4 is 0 Å². The first-order valence-electron chi connectivity index (χ1n) is 6.09. The van der Waals surface area contributed by atoms with E-state index >= 15 is 0 Å². The summed E-state index contributed by atoms with van der Waals surface area (Å²) in [6.45, 7) is 13.3. The number of rotatable bonds is 3. The van der Waals surface area contributed by atoms with Crippen LogP contribution in [0.4, 0.5) is 0 Å². The van der Waals surface area contributed by atoms with E-state index in [1.165, 1.54) is 6.42 Å². The van der Waals surface area contributed by atoms with Crippen LogP contribution >= 0.6 is 0 Å². The lowest BCUT2D eigenvalue weighted by atomic mass is 9.84. The maximum atomic E-state index is 5.74. The Morgan fingerprint density at radius 2 is 1.53 bits per heavy atom. The van der Waals surface area contributed by atoms with E-state index in [-0.39, 0.29) is 18.5 Å². The summed E-state index contributed by atoms with van der Waals surface area (Å²) in [4.78, 5) is 0. The lowest BCUT2D eigenvalue weighted by molar-refractivity contribution is -0.0771. The first kappa shape index (κ1) is 13.0. The Morgan fingerprint density at radius 3 is 1.93 bits per heavy atom. The minimum atomic E-state index is 0.0207. The monoisotopic (exact) mass is 214 g/mol. The molecule has 90 valence electrons. The van der Waals surface area contributed by atoms with Crippen LogP contribution in [0.1, 0.15) is 54.4 Å². The molecular weight excluding hydrogens is 188 g/mol. The van der Waals surface area contributed by atoms with Crippen molar-refractivity contribution in [3.8, 4) is 0 Å². The second-order valence-electron chi connectivity index (χ2n) is 6.22. The average molecular weight is 214 g/mol. The molecule has 2 nitrogen and oxygen atoms in total. The summed E-state index contributed by atoms with van der Waals surface area (Å²) in [5.41, 5.74) is 0.398. The molecule has 1 rings (SSSR count). The lowest BCUT2D eigenvalue weighted by Gasteiger charge is -2.24. The Morgan fingerprint density at radius 1 is 1.07 bits per heavy atom. The number of hydrogen-bond acceptors (Lipinski definition) is 2. The van der Waals surface area contributed by atoms with E-state index in [4.69, 9.17) is 9.47 Å². The third kappa shape index (κ3) is 4.52. The second kappa shape index (κ2) is 4.84. The standard InChI is InChI=1S/C13H26O2/c1-9(8-13(4,5)6)7-12-14-10(2)11(3)15-12/h9-12H,7-8H2,1-6H3. The molecule has 2 heteroatoms. The van der Waals surface area contributed by atoms with Crippen LogP contribution in [-0.2, 0) is 9.47 Å². The molecule has 1 aliphatic heterocycles. The van der Waals surface area contributed by atoms with Crippen LogP contribution in [0.3, 0.4) is 0 Å². The first-order chi connectivity index (χ1) is 6.78. The van der Waals surface area contributed by atoms with Gasteiger partial charge >= 0.3 is 0 Å². The molecule has 3 atom stereocenters. The van der Waals surface area contributed by atoms with Crippen LogP contribution in [0.15, 0.2) is 0 Å². The molecule has 0 aromatic carbocycles. The zero-order valence-electron chi connectivity index (χ0n) is 11.0. The van der Waals surface area contributed by atoms with Crippen molar-refractivity contribution in [1.29, 1.82) is 0 Å². The fourth-order valence-electron chi connectivity index (χ4n) is 2.30. The zero-order valence-corrected chi connectivity index (χ0v) is 11.0. The molecule has 0 aliphatic carbocycles. The minimum absolute atomic E-state index is 0.0207. The van der Waals surface area contributed by atoms with Gasteiger partial charge in [-0.3, -0.25) is 0 Å². The van der Waals surface area contributed by atoms with Gasteiger partial charge in [-0.25, -0.2) is 0 Å². The molecule has 15 heavy (non-hydrogen) atoms. The maximum absolute atomic E-state index is 5.74. The van der Waals surface area contributed by atoms with Gasteiger partial charge in [0, 0.05) is 6.42 Å². The van der Waals surface area contributed by atoms with E-state index < -0.39 is 0 Å².